The Morgan fingerprint density at radius 3 is 2.41 bits per heavy atom. The van der Waals surface area contributed by atoms with E-state index in [0.717, 1.165) is 6.08 Å². The van der Waals surface area contributed by atoms with Crippen LogP contribution in [0.4, 0.5) is 10.5 Å². The molecule has 0 aliphatic rings. The Labute approximate surface area is 167 Å². The number of rotatable bonds is 8. The topological polar surface area (TPSA) is 126 Å². The van der Waals surface area contributed by atoms with Gasteiger partial charge in [0.15, 0.2) is 17.6 Å². The predicted octanol–water partition coefficient (Wildman–Crippen LogP) is 2.77. The van der Waals surface area contributed by atoms with Crippen LogP contribution in [0.25, 0.3) is 0 Å². The fraction of sp³-hybridized carbons (Fsp3) is 0.200. The largest absolute Gasteiger partial charge is 0.504 e. The van der Waals surface area contributed by atoms with E-state index in [1.165, 1.54) is 37.9 Å². The molecule has 4 N–H and O–H groups in total. The van der Waals surface area contributed by atoms with E-state index in [4.69, 9.17) is 19.4 Å². The fourth-order valence-corrected chi connectivity index (χ4v) is 2.52. The van der Waals surface area contributed by atoms with Gasteiger partial charge in [-0.2, -0.15) is 0 Å². The minimum absolute atomic E-state index is 0.158. The van der Waals surface area contributed by atoms with Gasteiger partial charge in [0.1, 0.15) is 6.10 Å². The van der Waals surface area contributed by atoms with Crippen molar-refractivity contribution in [3.63, 3.8) is 0 Å². The summed E-state index contributed by atoms with van der Waals surface area (Å²) in [4.78, 5) is 23.7. The molecule has 2 atom stereocenters. The highest BCUT2D eigenvalue weighted by atomic mass is 16.6. The van der Waals surface area contributed by atoms with E-state index < -0.39 is 24.2 Å². The number of phenols is 1. The molecule has 9 nitrogen and oxygen atoms in total. The minimum Gasteiger partial charge on any atom is -0.504 e. The van der Waals surface area contributed by atoms with Gasteiger partial charge in [-0.1, -0.05) is 24.3 Å². The van der Waals surface area contributed by atoms with Crippen molar-refractivity contribution in [2.75, 3.05) is 19.5 Å². The summed E-state index contributed by atoms with van der Waals surface area (Å²) in [6.45, 7) is 0. The first-order valence-electron chi connectivity index (χ1n) is 8.53. The Balaban J connectivity index is 2.30. The monoisotopic (exact) mass is 402 g/mol. The molecule has 0 saturated heterocycles. The highest BCUT2D eigenvalue weighted by Gasteiger charge is 2.27. The number of benzene rings is 2. The molecular weight excluding hydrogens is 380 g/mol. The van der Waals surface area contributed by atoms with Crippen LogP contribution in [0.15, 0.2) is 60.7 Å². The zero-order chi connectivity index (χ0) is 21.2. The molecule has 0 fully saturated rings. The number of amides is 2. The fourth-order valence-electron chi connectivity index (χ4n) is 2.52. The lowest BCUT2D eigenvalue weighted by Crippen LogP contribution is -2.27. The Kier molecular flexibility index (Phi) is 8.01. The Morgan fingerprint density at radius 1 is 1.10 bits per heavy atom. The number of methoxy groups -OCH3 is 2. The maximum atomic E-state index is 12.4. The van der Waals surface area contributed by atoms with Crippen molar-refractivity contribution in [3.05, 3.63) is 66.2 Å². The van der Waals surface area contributed by atoms with E-state index in [0.29, 0.717) is 11.3 Å². The molecule has 154 valence electrons. The van der Waals surface area contributed by atoms with Gasteiger partial charge < -0.3 is 19.3 Å². The molecular formula is C20H22N2O7. The molecule has 0 radical (unpaired) electrons. The number of hydrogen-bond donors (Lipinski definition) is 4. The molecule has 2 rings (SSSR count). The molecule has 2 aromatic carbocycles. The van der Waals surface area contributed by atoms with Gasteiger partial charge in [-0.15, -0.1) is 0 Å². The molecule has 29 heavy (non-hydrogen) atoms. The van der Waals surface area contributed by atoms with Crippen LogP contribution in [0.2, 0.25) is 0 Å². The molecule has 0 aliphatic carbocycles. The van der Waals surface area contributed by atoms with E-state index >= 15 is 0 Å². The van der Waals surface area contributed by atoms with Crippen LogP contribution in [-0.4, -0.2) is 42.6 Å². The number of nitrogens with one attached hydrogen (secondary N) is 2. The van der Waals surface area contributed by atoms with Crippen LogP contribution < -0.4 is 15.5 Å². The first-order chi connectivity index (χ1) is 14.0. The van der Waals surface area contributed by atoms with Gasteiger partial charge in [-0.05, 0) is 35.9 Å². The van der Waals surface area contributed by atoms with Crippen molar-refractivity contribution < 1.29 is 34.1 Å². The summed E-state index contributed by atoms with van der Waals surface area (Å²) in [5, 5.41) is 21.3. The van der Waals surface area contributed by atoms with Crippen LogP contribution in [0.1, 0.15) is 11.7 Å². The number of carbonyl (C=O) groups excluding carboxylic acids is 2. The zero-order valence-corrected chi connectivity index (χ0v) is 15.9. The van der Waals surface area contributed by atoms with Crippen LogP contribution >= 0.6 is 0 Å². The Bertz CT molecular complexity index is 855. The Hall–Kier alpha value is -3.56. The van der Waals surface area contributed by atoms with Crippen LogP contribution in [0, 0.1) is 0 Å². The number of anilines is 1. The summed E-state index contributed by atoms with van der Waals surface area (Å²) in [5.41, 5.74) is 2.38. The lowest BCUT2D eigenvalue weighted by Gasteiger charge is -2.24. The molecule has 9 heteroatoms. The van der Waals surface area contributed by atoms with Gasteiger partial charge in [0, 0.05) is 18.9 Å². The molecule has 0 spiro atoms. The maximum Gasteiger partial charge on any atom is 0.412 e. The van der Waals surface area contributed by atoms with Crippen molar-refractivity contribution >= 4 is 17.7 Å². The molecule has 0 bridgehead atoms. The van der Waals surface area contributed by atoms with Crippen molar-refractivity contribution in [2.24, 2.45) is 0 Å². The van der Waals surface area contributed by atoms with Crippen molar-refractivity contribution in [1.82, 2.24) is 5.48 Å². The summed E-state index contributed by atoms with van der Waals surface area (Å²) in [5.74, 6) is -0.698. The number of hydrogen-bond acceptors (Lipinski definition) is 7. The third-order valence-electron chi connectivity index (χ3n) is 3.90. The van der Waals surface area contributed by atoms with Crippen molar-refractivity contribution in [1.29, 1.82) is 0 Å². The normalized spacial score (nSPS) is 12.8. The van der Waals surface area contributed by atoms with Crippen LogP contribution in [-0.2, 0) is 14.3 Å². The molecule has 2 amide bonds. The molecule has 0 aliphatic heterocycles. The van der Waals surface area contributed by atoms with E-state index in [1.807, 2.05) is 0 Å². The maximum absolute atomic E-state index is 12.4. The third-order valence-corrected chi connectivity index (χ3v) is 3.90. The second-order valence-electron chi connectivity index (χ2n) is 5.78. The molecule has 2 aromatic rings. The van der Waals surface area contributed by atoms with Gasteiger partial charge in [0.2, 0.25) is 0 Å². The molecule has 0 unspecified atom stereocenters. The lowest BCUT2D eigenvalue weighted by molar-refractivity contribution is -0.124. The van der Waals surface area contributed by atoms with E-state index in [2.05, 4.69) is 5.32 Å². The zero-order valence-electron chi connectivity index (χ0n) is 15.9. The Morgan fingerprint density at radius 2 is 1.83 bits per heavy atom. The summed E-state index contributed by atoms with van der Waals surface area (Å²) >= 11 is 0. The molecule has 0 saturated carbocycles. The first kappa shape index (κ1) is 21.7. The minimum atomic E-state index is -1.02. The van der Waals surface area contributed by atoms with E-state index in [-0.39, 0.29) is 11.5 Å². The van der Waals surface area contributed by atoms with E-state index in [9.17, 15) is 14.7 Å². The third kappa shape index (κ3) is 6.23. The van der Waals surface area contributed by atoms with Crippen LogP contribution in [0.5, 0.6) is 11.5 Å². The SMILES string of the molecule is COc1ccc([C@H](OC(=O)Nc2ccccc2)[C@H](/C=C/C(=O)NO)OC)cc1O. The summed E-state index contributed by atoms with van der Waals surface area (Å²) < 4.78 is 15.9. The summed E-state index contributed by atoms with van der Waals surface area (Å²) in [6.07, 6.45) is -0.348. The van der Waals surface area contributed by atoms with Crippen molar-refractivity contribution in [3.8, 4) is 11.5 Å². The molecule has 0 heterocycles. The van der Waals surface area contributed by atoms with E-state index in [1.54, 1.807) is 36.4 Å². The number of ether oxygens (including phenoxy) is 3. The smallest absolute Gasteiger partial charge is 0.412 e. The molecule has 0 aromatic heterocycles. The average molecular weight is 402 g/mol. The number of phenolic OH excluding ortho intramolecular Hbond substituents is 1. The average Bonchev–Trinajstić information content (AvgIpc) is 2.73. The van der Waals surface area contributed by atoms with Crippen molar-refractivity contribution in [2.45, 2.75) is 12.2 Å². The van der Waals surface area contributed by atoms with Gasteiger partial charge in [-0.3, -0.25) is 15.3 Å². The summed E-state index contributed by atoms with van der Waals surface area (Å²) in [7, 11) is 2.77. The van der Waals surface area contributed by atoms with Crippen LogP contribution in [0.3, 0.4) is 0 Å². The lowest BCUT2D eigenvalue weighted by atomic mass is 10.0. The number of para-hydroxylation sites is 1. The quantitative estimate of drug-likeness (QED) is 0.304. The number of carbonyl (C=O) groups is 2. The summed E-state index contributed by atoms with van der Waals surface area (Å²) in [6, 6.07) is 13.1. The van der Waals surface area contributed by atoms with Gasteiger partial charge in [0.25, 0.3) is 5.91 Å². The van der Waals surface area contributed by atoms with Gasteiger partial charge in [0.05, 0.1) is 7.11 Å². The highest BCUT2D eigenvalue weighted by molar-refractivity contribution is 5.86. The number of hydroxylamine groups is 1. The first-order valence-corrected chi connectivity index (χ1v) is 8.53. The highest BCUT2D eigenvalue weighted by Crippen LogP contribution is 2.33. The second-order valence-corrected chi connectivity index (χ2v) is 5.78. The predicted molar refractivity (Wildman–Crippen MR) is 104 cm³/mol. The van der Waals surface area contributed by atoms with Gasteiger partial charge in [-0.25, -0.2) is 10.3 Å². The standard InChI is InChI=1S/C20H22N2O7/c1-27-16-9-8-13(12-15(16)23)19(17(28-2)10-11-18(24)22-26)29-20(25)21-14-6-4-3-5-7-14/h3-12,17,19,23,26H,1-2H3,(H,21,25)(H,22,24)/b11-10+/t17-,19-/m0/s1. The number of aromatic hydroxyl groups is 1. The second kappa shape index (κ2) is 10.7. The van der Waals surface area contributed by atoms with Gasteiger partial charge >= 0.3 is 6.09 Å².